The molecular weight excluding hydrogens is 270 g/mol. The van der Waals surface area contributed by atoms with Crippen LogP contribution in [0, 0.1) is 0 Å². The molecule has 1 N–H and O–H groups in total. The number of hydrogen-bond acceptors (Lipinski definition) is 4. The number of benzene rings is 1. The molecule has 1 heterocycles. The standard InChI is InChI=1S/C16H25NO2S/c1-2-13-20-15-5-3-14(4-6-15)16(18)7-8-17-9-11-19-12-10-17/h3-6,16,18H,2,7-13H2,1H3. The van der Waals surface area contributed by atoms with Crippen molar-refractivity contribution in [3.8, 4) is 0 Å². The predicted molar refractivity (Wildman–Crippen MR) is 84.3 cm³/mol. The second-order valence-electron chi connectivity index (χ2n) is 5.18. The molecule has 20 heavy (non-hydrogen) atoms. The number of rotatable bonds is 7. The van der Waals surface area contributed by atoms with Crippen LogP contribution in [0.15, 0.2) is 29.2 Å². The van der Waals surface area contributed by atoms with Gasteiger partial charge in [-0.25, -0.2) is 0 Å². The van der Waals surface area contributed by atoms with Crippen LogP contribution in [0.2, 0.25) is 0 Å². The summed E-state index contributed by atoms with van der Waals surface area (Å²) >= 11 is 1.87. The van der Waals surface area contributed by atoms with E-state index in [0.717, 1.165) is 50.6 Å². The Kier molecular flexibility index (Phi) is 6.87. The molecule has 1 unspecified atom stereocenters. The van der Waals surface area contributed by atoms with Crippen LogP contribution in [-0.2, 0) is 4.74 Å². The van der Waals surface area contributed by atoms with Crippen LogP contribution in [-0.4, -0.2) is 48.6 Å². The van der Waals surface area contributed by atoms with Gasteiger partial charge < -0.3 is 9.84 Å². The first kappa shape index (κ1) is 15.8. The SMILES string of the molecule is CCCSc1ccc(C(O)CCN2CCOCC2)cc1. The summed E-state index contributed by atoms with van der Waals surface area (Å²) in [5, 5.41) is 10.3. The molecule has 3 nitrogen and oxygen atoms in total. The highest BCUT2D eigenvalue weighted by atomic mass is 32.2. The second-order valence-corrected chi connectivity index (χ2v) is 6.34. The number of morpholine rings is 1. The van der Waals surface area contributed by atoms with Crippen LogP contribution in [0.3, 0.4) is 0 Å². The van der Waals surface area contributed by atoms with Gasteiger partial charge in [-0.05, 0) is 36.3 Å². The Morgan fingerprint density at radius 3 is 2.60 bits per heavy atom. The van der Waals surface area contributed by atoms with Crippen LogP contribution in [0.4, 0.5) is 0 Å². The van der Waals surface area contributed by atoms with Crippen molar-refractivity contribution in [1.29, 1.82) is 0 Å². The molecule has 1 aromatic rings. The van der Waals surface area contributed by atoms with E-state index in [-0.39, 0.29) is 6.10 Å². The lowest BCUT2D eigenvalue weighted by molar-refractivity contribution is 0.0300. The summed E-state index contributed by atoms with van der Waals surface area (Å²) in [6.07, 6.45) is 1.62. The Hall–Kier alpha value is -0.550. The normalized spacial score (nSPS) is 18.1. The first-order valence-electron chi connectivity index (χ1n) is 7.50. The van der Waals surface area contributed by atoms with Gasteiger partial charge >= 0.3 is 0 Å². The van der Waals surface area contributed by atoms with Gasteiger partial charge in [-0.3, -0.25) is 4.90 Å². The van der Waals surface area contributed by atoms with Crippen molar-refractivity contribution in [2.24, 2.45) is 0 Å². The summed E-state index contributed by atoms with van der Waals surface area (Å²) in [6.45, 7) is 6.74. The quantitative estimate of drug-likeness (QED) is 0.784. The molecule has 0 aliphatic carbocycles. The second kappa shape index (κ2) is 8.67. The zero-order chi connectivity index (χ0) is 14.2. The highest BCUT2D eigenvalue weighted by Crippen LogP contribution is 2.23. The predicted octanol–water partition coefficient (Wildman–Crippen LogP) is 2.94. The van der Waals surface area contributed by atoms with Gasteiger partial charge in [0.15, 0.2) is 0 Å². The number of aliphatic hydroxyl groups excluding tert-OH is 1. The monoisotopic (exact) mass is 295 g/mol. The first-order valence-corrected chi connectivity index (χ1v) is 8.49. The van der Waals surface area contributed by atoms with Crippen molar-refractivity contribution in [3.63, 3.8) is 0 Å². The minimum Gasteiger partial charge on any atom is -0.388 e. The van der Waals surface area contributed by atoms with E-state index in [2.05, 4.69) is 36.1 Å². The van der Waals surface area contributed by atoms with E-state index in [1.807, 2.05) is 11.8 Å². The molecule has 1 aliphatic heterocycles. The molecule has 112 valence electrons. The molecule has 0 saturated carbocycles. The number of hydrogen-bond donors (Lipinski definition) is 1. The van der Waals surface area contributed by atoms with Gasteiger partial charge in [0.1, 0.15) is 0 Å². The molecule has 0 amide bonds. The van der Waals surface area contributed by atoms with E-state index in [1.54, 1.807) is 0 Å². The fourth-order valence-corrected chi connectivity index (χ4v) is 3.07. The minimum absolute atomic E-state index is 0.358. The largest absolute Gasteiger partial charge is 0.388 e. The topological polar surface area (TPSA) is 32.7 Å². The van der Waals surface area contributed by atoms with E-state index in [0.29, 0.717) is 0 Å². The van der Waals surface area contributed by atoms with Crippen molar-refractivity contribution in [1.82, 2.24) is 4.90 Å². The lowest BCUT2D eigenvalue weighted by atomic mass is 10.1. The van der Waals surface area contributed by atoms with Crippen LogP contribution in [0.25, 0.3) is 0 Å². The van der Waals surface area contributed by atoms with Gasteiger partial charge in [-0.1, -0.05) is 19.1 Å². The molecule has 1 aromatic carbocycles. The van der Waals surface area contributed by atoms with Gasteiger partial charge in [0.05, 0.1) is 19.3 Å². The van der Waals surface area contributed by atoms with E-state index in [1.165, 1.54) is 11.3 Å². The molecular formula is C16H25NO2S. The van der Waals surface area contributed by atoms with Crippen molar-refractivity contribution in [2.75, 3.05) is 38.6 Å². The average molecular weight is 295 g/mol. The molecule has 1 fully saturated rings. The maximum atomic E-state index is 10.3. The summed E-state index contributed by atoms with van der Waals surface area (Å²) in [6, 6.07) is 8.35. The van der Waals surface area contributed by atoms with Crippen molar-refractivity contribution in [3.05, 3.63) is 29.8 Å². The Morgan fingerprint density at radius 2 is 1.95 bits per heavy atom. The molecule has 0 bridgehead atoms. The molecule has 0 aromatic heterocycles. The zero-order valence-corrected chi connectivity index (χ0v) is 13.1. The summed E-state index contributed by atoms with van der Waals surface area (Å²) < 4.78 is 5.33. The lowest BCUT2D eigenvalue weighted by Crippen LogP contribution is -2.37. The maximum absolute atomic E-state index is 10.3. The zero-order valence-electron chi connectivity index (χ0n) is 12.3. The van der Waals surface area contributed by atoms with E-state index >= 15 is 0 Å². The van der Waals surface area contributed by atoms with Gasteiger partial charge in [0, 0.05) is 24.5 Å². The highest BCUT2D eigenvalue weighted by molar-refractivity contribution is 7.99. The van der Waals surface area contributed by atoms with E-state index in [4.69, 9.17) is 4.74 Å². The van der Waals surface area contributed by atoms with Crippen LogP contribution in [0.1, 0.15) is 31.4 Å². The van der Waals surface area contributed by atoms with Crippen molar-refractivity contribution in [2.45, 2.75) is 30.8 Å². The third kappa shape index (κ3) is 5.09. The average Bonchev–Trinajstić information content (AvgIpc) is 2.52. The smallest absolute Gasteiger partial charge is 0.0802 e. The lowest BCUT2D eigenvalue weighted by Gasteiger charge is -2.27. The third-order valence-corrected chi connectivity index (χ3v) is 4.78. The minimum atomic E-state index is -0.358. The van der Waals surface area contributed by atoms with E-state index < -0.39 is 0 Å². The molecule has 1 aliphatic rings. The van der Waals surface area contributed by atoms with Crippen LogP contribution in [0.5, 0.6) is 0 Å². The summed E-state index contributed by atoms with van der Waals surface area (Å²) in [7, 11) is 0. The Balaban J connectivity index is 1.77. The maximum Gasteiger partial charge on any atom is 0.0802 e. The Morgan fingerprint density at radius 1 is 1.25 bits per heavy atom. The Bertz CT molecular complexity index is 377. The first-order chi connectivity index (χ1) is 9.79. The van der Waals surface area contributed by atoms with Crippen molar-refractivity contribution < 1.29 is 9.84 Å². The Labute approximate surface area is 126 Å². The summed E-state index contributed by atoms with van der Waals surface area (Å²) in [5.74, 6) is 1.15. The fraction of sp³-hybridized carbons (Fsp3) is 0.625. The number of ether oxygens (including phenoxy) is 1. The molecule has 0 radical (unpaired) electrons. The number of aliphatic hydroxyl groups is 1. The van der Waals surface area contributed by atoms with Crippen LogP contribution < -0.4 is 0 Å². The molecule has 1 saturated heterocycles. The van der Waals surface area contributed by atoms with Gasteiger partial charge in [0.2, 0.25) is 0 Å². The summed E-state index contributed by atoms with van der Waals surface area (Å²) in [4.78, 5) is 3.65. The van der Waals surface area contributed by atoms with Crippen molar-refractivity contribution >= 4 is 11.8 Å². The number of thioether (sulfide) groups is 1. The third-order valence-electron chi connectivity index (χ3n) is 3.56. The number of nitrogens with zero attached hydrogens (tertiary/aromatic N) is 1. The highest BCUT2D eigenvalue weighted by Gasteiger charge is 2.13. The molecule has 2 rings (SSSR count). The van der Waals surface area contributed by atoms with Gasteiger partial charge in [0.25, 0.3) is 0 Å². The van der Waals surface area contributed by atoms with Crippen LogP contribution >= 0.6 is 11.8 Å². The van der Waals surface area contributed by atoms with Gasteiger partial charge in [-0.15, -0.1) is 11.8 Å². The van der Waals surface area contributed by atoms with Gasteiger partial charge in [-0.2, -0.15) is 0 Å². The summed E-state index contributed by atoms with van der Waals surface area (Å²) in [5.41, 5.74) is 1.03. The molecule has 1 atom stereocenters. The molecule has 0 spiro atoms. The fourth-order valence-electron chi connectivity index (χ4n) is 2.30. The van der Waals surface area contributed by atoms with E-state index in [9.17, 15) is 5.11 Å². The molecule has 4 heteroatoms.